The van der Waals surface area contributed by atoms with E-state index in [0.717, 1.165) is 32.4 Å². The Hall–Kier alpha value is -1.55. The van der Waals surface area contributed by atoms with Gasteiger partial charge in [-0.2, -0.15) is 4.31 Å². The zero-order valence-electron chi connectivity index (χ0n) is 14.5. The van der Waals surface area contributed by atoms with Crippen LogP contribution < -0.4 is 0 Å². The zero-order valence-corrected chi connectivity index (χ0v) is 15.3. The van der Waals surface area contributed by atoms with Crippen molar-refractivity contribution in [2.24, 2.45) is 0 Å². The minimum atomic E-state index is -3.85. The second-order valence-electron chi connectivity index (χ2n) is 6.02. The Morgan fingerprint density at radius 2 is 1.80 bits per heavy atom. The van der Waals surface area contributed by atoms with Crippen LogP contribution in [0.2, 0.25) is 0 Å². The van der Waals surface area contributed by atoms with E-state index in [2.05, 4.69) is 4.90 Å². The van der Waals surface area contributed by atoms with Crippen molar-refractivity contribution < 1.29 is 18.1 Å². The molecule has 0 spiro atoms. The molecule has 1 aliphatic heterocycles. The van der Waals surface area contributed by atoms with E-state index in [9.17, 15) is 18.5 Å². The fourth-order valence-corrected chi connectivity index (χ4v) is 4.50. The molecule has 1 aromatic carbocycles. The molecule has 1 fully saturated rings. The average molecular weight is 371 g/mol. The number of para-hydroxylation sites is 1. The van der Waals surface area contributed by atoms with Crippen molar-refractivity contribution in [3.63, 3.8) is 0 Å². The van der Waals surface area contributed by atoms with Gasteiger partial charge < -0.3 is 9.64 Å². The largest absolute Gasteiger partial charge is 0.385 e. The van der Waals surface area contributed by atoms with Gasteiger partial charge in [0.25, 0.3) is 5.69 Å². The number of nitrogens with zero attached hydrogens (tertiary/aromatic N) is 3. The third-order valence-corrected chi connectivity index (χ3v) is 6.28. The van der Waals surface area contributed by atoms with Crippen LogP contribution in [-0.2, 0) is 14.8 Å². The minimum Gasteiger partial charge on any atom is -0.385 e. The van der Waals surface area contributed by atoms with Gasteiger partial charge in [0.05, 0.1) is 4.92 Å². The van der Waals surface area contributed by atoms with Crippen molar-refractivity contribution in [3.8, 4) is 0 Å². The number of rotatable bonds is 9. The number of hydrogen-bond donors (Lipinski definition) is 0. The summed E-state index contributed by atoms with van der Waals surface area (Å²) in [5, 5.41) is 11.1. The number of sulfonamides is 1. The molecule has 1 heterocycles. The fraction of sp³-hybridized carbons (Fsp3) is 0.625. The number of hydrogen-bond acceptors (Lipinski definition) is 6. The number of piperazine rings is 1. The number of ether oxygens (including phenoxy) is 1. The van der Waals surface area contributed by atoms with Gasteiger partial charge in [-0.25, -0.2) is 8.42 Å². The molecule has 8 nitrogen and oxygen atoms in total. The van der Waals surface area contributed by atoms with Crippen LogP contribution in [0.1, 0.15) is 19.3 Å². The van der Waals surface area contributed by atoms with Crippen molar-refractivity contribution >= 4 is 15.7 Å². The number of methoxy groups -OCH3 is 1. The topological polar surface area (TPSA) is 93.0 Å². The highest BCUT2D eigenvalue weighted by Crippen LogP contribution is 2.26. The Morgan fingerprint density at radius 3 is 2.44 bits per heavy atom. The molecule has 140 valence electrons. The fourth-order valence-electron chi connectivity index (χ4n) is 2.92. The van der Waals surface area contributed by atoms with Gasteiger partial charge in [-0.15, -0.1) is 0 Å². The van der Waals surface area contributed by atoms with Crippen LogP contribution in [0.25, 0.3) is 0 Å². The first-order chi connectivity index (χ1) is 12.0. The van der Waals surface area contributed by atoms with Gasteiger partial charge in [0.15, 0.2) is 4.90 Å². The van der Waals surface area contributed by atoms with Crippen LogP contribution in [0.4, 0.5) is 5.69 Å². The molecule has 0 N–H and O–H groups in total. The molecule has 0 radical (unpaired) electrons. The first-order valence-electron chi connectivity index (χ1n) is 8.41. The van der Waals surface area contributed by atoms with Gasteiger partial charge in [0.1, 0.15) is 0 Å². The van der Waals surface area contributed by atoms with Crippen molar-refractivity contribution in [3.05, 3.63) is 34.4 Å². The summed E-state index contributed by atoms with van der Waals surface area (Å²) in [4.78, 5) is 12.5. The van der Waals surface area contributed by atoms with Crippen LogP contribution >= 0.6 is 0 Å². The Kier molecular flexibility index (Phi) is 7.30. The third-order valence-electron chi connectivity index (χ3n) is 4.33. The van der Waals surface area contributed by atoms with E-state index in [-0.39, 0.29) is 10.6 Å². The van der Waals surface area contributed by atoms with Gasteiger partial charge in [0.2, 0.25) is 10.0 Å². The number of nitro benzene ring substituents is 1. The zero-order chi connectivity index (χ0) is 18.3. The molecule has 1 saturated heterocycles. The summed E-state index contributed by atoms with van der Waals surface area (Å²) in [6.45, 7) is 3.69. The maximum absolute atomic E-state index is 12.7. The van der Waals surface area contributed by atoms with E-state index >= 15 is 0 Å². The van der Waals surface area contributed by atoms with Crippen molar-refractivity contribution in [1.29, 1.82) is 0 Å². The molecule has 0 saturated carbocycles. The normalized spacial score (nSPS) is 16.8. The molecule has 2 rings (SSSR count). The van der Waals surface area contributed by atoms with Gasteiger partial charge in [-0.05, 0) is 31.9 Å². The molecular weight excluding hydrogens is 346 g/mol. The molecule has 25 heavy (non-hydrogen) atoms. The van der Waals surface area contributed by atoms with Crippen LogP contribution in [0.15, 0.2) is 29.2 Å². The second kappa shape index (κ2) is 9.23. The van der Waals surface area contributed by atoms with Crippen LogP contribution in [0.5, 0.6) is 0 Å². The van der Waals surface area contributed by atoms with Gasteiger partial charge >= 0.3 is 0 Å². The van der Waals surface area contributed by atoms with E-state index in [1.165, 1.54) is 28.6 Å². The number of unbranched alkanes of at least 4 members (excludes halogenated alkanes) is 2. The molecular formula is C16H25N3O5S. The lowest BCUT2D eigenvalue weighted by molar-refractivity contribution is -0.387. The van der Waals surface area contributed by atoms with Gasteiger partial charge in [-0.3, -0.25) is 10.1 Å². The first-order valence-corrected chi connectivity index (χ1v) is 9.85. The Morgan fingerprint density at radius 1 is 1.12 bits per heavy atom. The minimum absolute atomic E-state index is 0.229. The van der Waals surface area contributed by atoms with Crippen LogP contribution in [-0.4, -0.2) is 69.0 Å². The molecule has 0 amide bonds. The van der Waals surface area contributed by atoms with E-state index in [0.29, 0.717) is 26.2 Å². The Labute approximate surface area is 148 Å². The highest BCUT2D eigenvalue weighted by atomic mass is 32.2. The predicted octanol–water partition coefficient (Wildman–Crippen LogP) is 1.72. The van der Waals surface area contributed by atoms with Crippen LogP contribution in [0.3, 0.4) is 0 Å². The van der Waals surface area contributed by atoms with E-state index in [1.807, 2.05) is 0 Å². The molecule has 9 heteroatoms. The quantitative estimate of drug-likeness (QED) is 0.373. The average Bonchev–Trinajstić information content (AvgIpc) is 2.62. The number of benzene rings is 1. The van der Waals surface area contributed by atoms with Gasteiger partial charge in [0, 0.05) is 46.0 Å². The maximum Gasteiger partial charge on any atom is 0.289 e. The van der Waals surface area contributed by atoms with E-state index in [1.54, 1.807) is 7.11 Å². The molecule has 0 aliphatic carbocycles. The molecule has 0 aromatic heterocycles. The summed E-state index contributed by atoms with van der Waals surface area (Å²) < 4.78 is 31.8. The molecule has 0 unspecified atom stereocenters. The number of nitro groups is 1. The SMILES string of the molecule is COCCCCCN1CCN(S(=O)(=O)c2ccccc2[N+](=O)[O-])CC1. The molecule has 0 bridgehead atoms. The summed E-state index contributed by atoms with van der Waals surface area (Å²) >= 11 is 0. The van der Waals surface area contributed by atoms with Crippen molar-refractivity contribution in [2.45, 2.75) is 24.2 Å². The standard InChI is InChI=1S/C16H25N3O5S/c1-24-14-6-2-5-9-17-10-12-18(13-11-17)25(22,23)16-8-4-3-7-15(16)19(20)21/h3-4,7-8H,2,5-6,9-14H2,1H3. The monoisotopic (exact) mass is 371 g/mol. The molecule has 1 aliphatic rings. The Balaban J connectivity index is 1.93. The summed E-state index contributed by atoms with van der Waals surface area (Å²) in [5.41, 5.74) is -0.372. The van der Waals surface area contributed by atoms with Crippen LogP contribution in [0, 0.1) is 10.1 Å². The molecule has 1 aromatic rings. The van der Waals surface area contributed by atoms with Crippen molar-refractivity contribution in [1.82, 2.24) is 9.21 Å². The summed E-state index contributed by atoms with van der Waals surface area (Å²) in [6.07, 6.45) is 3.17. The first kappa shape index (κ1) is 19.8. The smallest absolute Gasteiger partial charge is 0.289 e. The summed E-state index contributed by atoms with van der Waals surface area (Å²) in [5.74, 6) is 0. The van der Waals surface area contributed by atoms with E-state index < -0.39 is 14.9 Å². The lowest BCUT2D eigenvalue weighted by Crippen LogP contribution is -2.48. The third kappa shape index (κ3) is 5.21. The maximum atomic E-state index is 12.7. The highest BCUT2D eigenvalue weighted by Gasteiger charge is 2.33. The molecule has 0 atom stereocenters. The van der Waals surface area contributed by atoms with Gasteiger partial charge in [-0.1, -0.05) is 12.1 Å². The summed E-state index contributed by atoms with van der Waals surface area (Å²) in [7, 11) is -2.15. The lowest BCUT2D eigenvalue weighted by Gasteiger charge is -2.33. The lowest BCUT2D eigenvalue weighted by atomic mass is 10.2. The van der Waals surface area contributed by atoms with Crippen molar-refractivity contribution in [2.75, 3.05) is 46.4 Å². The Bertz CT molecular complexity index is 672. The highest BCUT2D eigenvalue weighted by molar-refractivity contribution is 7.89. The van der Waals surface area contributed by atoms with E-state index in [4.69, 9.17) is 4.74 Å². The predicted molar refractivity (Wildman–Crippen MR) is 94.0 cm³/mol. The second-order valence-corrected chi connectivity index (χ2v) is 7.93. The summed E-state index contributed by atoms with van der Waals surface area (Å²) in [6, 6.07) is 5.51.